The van der Waals surface area contributed by atoms with Gasteiger partial charge in [-0.3, -0.25) is 24.5 Å². The summed E-state index contributed by atoms with van der Waals surface area (Å²) in [5, 5.41) is 25.9. The molecule has 0 bridgehead atoms. The fourth-order valence-electron chi connectivity index (χ4n) is 5.97. The second-order valence-electron chi connectivity index (χ2n) is 9.69. The van der Waals surface area contributed by atoms with E-state index in [2.05, 4.69) is 10.6 Å². The monoisotopic (exact) mass is 513 g/mol. The minimum atomic E-state index is -1.47. The van der Waals surface area contributed by atoms with Crippen LogP contribution in [0.15, 0.2) is 66.7 Å². The summed E-state index contributed by atoms with van der Waals surface area (Å²) in [6.07, 6.45) is 0.213. The quantitative estimate of drug-likeness (QED) is 0.180. The molecule has 3 aromatic rings. The topological polar surface area (TPSA) is 145 Å². The number of imide groups is 1. The Morgan fingerprint density at radius 2 is 1.71 bits per heavy atom. The van der Waals surface area contributed by atoms with E-state index in [4.69, 9.17) is 4.74 Å². The van der Waals surface area contributed by atoms with E-state index in [0.29, 0.717) is 22.5 Å². The van der Waals surface area contributed by atoms with Gasteiger partial charge in [0.1, 0.15) is 11.3 Å². The van der Waals surface area contributed by atoms with Crippen LogP contribution in [0.4, 0.5) is 11.4 Å². The summed E-state index contributed by atoms with van der Waals surface area (Å²) in [5.41, 5.74) is 0.600. The Morgan fingerprint density at radius 3 is 2.42 bits per heavy atom. The van der Waals surface area contributed by atoms with Crippen molar-refractivity contribution in [1.82, 2.24) is 5.32 Å². The van der Waals surface area contributed by atoms with Crippen molar-refractivity contribution in [2.75, 3.05) is 10.2 Å². The Hall–Kier alpha value is -4.70. The van der Waals surface area contributed by atoms with Crippen molar-refractivity contribution in [3.05, 3.63) is 77.9 Å². The lowest BCUT2D eigenvalue weighted by atomic mass is 9.76. The van der Waals surface area contributed by atoms with Crippen molar-refractivity contribution in [3.63, 3.8) is 0 Å². The number of anilines is 2. The van der Waals surface area contributed by atoms with Crippen LogP contribution in [0, 0.1) is 11.8 Å². The Balaban J connectivity index is 1.44. The zero-order valence-electron chi connectivity index (χ0n) is 20.2. The zero-order chi connectivity index (χ0) is 26.8. The molecular formula is C28H23N3O7. The third-order valence-electron chi connectivity index (χ3n) is 7.47. The Kier molecular flexibility index (Phi) is 5.25. The fourth-order valence-corrected chi connectivity index (χ4v) is 5.97. The van der Waals surface area contributed by atoms with Gasteiger partial charge in [-0.1, -0.05) is 24.3 Å². The summed E-state index contributed by atoms with van der Waals surface area (Å²) in [4.78, 5) is 53.8. The molecule has 3 amide bonds. The first kappa shape index (κ1) is 23.7. The summed E-state index contributed by atoms with van der Waals surface area (Å²) in [6, 6.07) is 16.8. The van der Waals surface area contributed by atoms with Crippen molar-refractivity contribution in [2.24, 2.45) is 11.8 Å². The van der Waals surface area contributed by atoms with Crippen molar-refractivity contribution < 1.29 is 34.1 Å². The molecule has 4 atom stereocenters. The van der Waals surface area contributed by atoms with Crippen LogP contribution in [0.5, 0.6) is 17.2 Å². The number of carbonyl (C=O) groups is 4. The molecule has 6 rings (SSSR count). The molecule has 3 heterocycles. The molecule has 0 aromatic heterocycles. The maximum Gasteiger partial charge on any atom is 0.308 e. The number of rotatable bonds is 4. The number of phenolic OH excluding ortho intramolecular Hbond substituents is 2. The lowest BCUT2D eigenvalue weighted by Gasteiger charge is -2.29. The van der Waals surface area contributed by atoms with Crippen molar-refractivity contribution >= 4 is 35.1 Å². The molecule has 10 heteroatoms. The molecule has 0 aliphatic carbocycles. The minimum absolute atomic E-state index is 0.213. The zero-order valence-corrected chi connectivity index (χ0v) is 20.2. The molecule has 3 aromatic carbocycles. The van der Waals surface area contributed by atoms with Crippen LogP contribution >= 0.6 is 0 Å². The first-order chi connectivity index (χ1) is 18.2. The molecule has 3 aliphatic rings. The number of aromatic hydroxyl groups is 2. The number of nitrogens with one attached hydrogen (secondary N) is 2. The third kappa shape index (κ3) is 3.37. The first-order valence-corrected chi connectivity index (χ1v) is 12.1. The Bertz CT molecular complexity index is 1520. The molecule has 2 saturated heterocycles. The van der Waals surface area contributed by atoms with Gasteiger partial charge in [-0.15, -0.1) is 0 Å². The van der Waals surface area contributed by atoms with Gasteiger partial charge in [-0.05, 0) is 54.4 Å². The predicted molar refractivity (Wildman–Crippen MR) is 134 cm³/mol. The van der Waals surface area contributed by atoms with Crippen LogP contribution < -0.4 is 20.3 Å². The van der Waals surface area contributed by atoms with Gasteiger partial charge in [-0.25, -0.2) is 4.90 Å². The van der Waals surface area contributed by atoms with Gasteiger partial charge >= 0.3 is 5.97 Å². The van der Waals surface area contributed by atoms with Crippen molar-refractivity contribution in [2.45, 2.75) is 24.9 Å². The molecule has 10 nitrogen and oxygen atoms in total. The first-order valence-electron chi connectivity index (χ1n) is 12.1. The van der Waals surface area contributed by atoms with Crippen molar-refractivity contribution in [3.8, 4) is 17.2 Å². The molecule has 4 N–H and O–H groups in total. The molecule has 2 fully saturated rings. The largest absolute Gasteiger partial charge is 0.504 e. The van der Waals surface area contributed by atoms with Crippen molar-refractivity contribution in [1.29, 1.82) is 0 Å². The van der Waals surface area contributed by atoms with E-state index >= 15 is 0 Å². The number of ether oxygens (including phenoxy) is 1. The second-order valence-corrected chi connectivity index (χ2v) is 9.69. The molecule has 0 radical (unpaired) electrons. The van der Waals surface area contributed by atoms with E-state index in [-0.39, 0.29) is 23.7 Å². The summed E-state index contributed by atoms with van der Waals surface area (Å²) >= 11 is 0. The summed E-state index contributed by atoms with van der Waals surface area (Å²) in [7, 11) is 0. The molecule has 0 saturated carbocycles. The summed E-state index contributed by atoms with van der Waals surface area (Å²) in [5.74, 6) is -4.12. The number of benzene rings is 3. The van der Waals surface area contributed by atoms with E-state index in [1.54, 1.807) is 30.3 Å². The highest BCUT2D eigenvalue weighted by Gasteiger charge is 2.70. The molecule has 1 spiro atoms. The van der Waals surface area contributed by atoms with E-state index in [0.717, 1.165) is 4.90 Å². The summed E-state index contributed by atoms with van der Waals surface area (Å²) in [6.45, 7) is 1.27. The maximum atomic E-state index is 14.0. The number of hydrogen-bond donors (Lipinski definition) is 4. The van der Waals surface area contributed by atoms with E-state index in [1.165, 1.54) is 43.3 Å². The molecule has 3 aliphatic heterocycles. The van der Waals surface area contributed by atoms with E-state index in [1.807, 2.05) is 0 Å². The lowest BCUT2D eigenvalue weighted by Crippen LogP contribution is -2.53. The molecular weight excluding hydrogens is 490 g/mol. The van der Waals surface area contributed by atoms with Gasteiger partial charge in [0.05, 0.1) is 17.5 Å². The molecule has 0 unspecified atom stereocenters. The van der Waals surface area contributed by atoms with Crippen LogP contribution in [-0.4, -0.2) is 39.9 Å². The number of esters is 1. The van der Waals surface area contributed by atoms with Crippen LogP contribution in [0.25, 0.3) is 0 Å². The van der Waals surface area contributed by atoms with E-state index < -0.39 is 47.1 Å². The van der Waals surface area contributed by atoms with Crippen LogP contribution in [0.2, 0.25) is 0 Å². The van der Waals surface area contributed by atoms with Gasteiger partial charge in [0.15, 0.2) is 11.5 Å². The summed E-state index contributed by atoms with van der Waals surface area (Å²) < 4.78 is 5.06. The normalized spacial score (nSPS) is 25.4. The SMILES string of the molecule is CC(=O)Oc1ccc(N2C(=O)[C@@H]3[C@@H](C2=O)[C@@]2(N[C@@H]3Cc3ccc(O)c(O)c3)C(=O)Nc3ccccc32)cc1. The van der Waals surface area contributed by atoms with Gasteiger partial charge in [-0.2, -0.15) is 0 Å². The molecule has 192 valence electrons. The third-order valence-corrected chi connectivity index (χ3v) is 7.47. The Labute approximate surface area is 216 Å². The average Bonchev–Trinajstić information content (AvgIpc) is 3.46. The number of para-hydroxylation sites is 1. The van der Waals surface area contributed by atoms with Crippen LogP contribution in [-0.2, 0) is 31.1 Å². The number of fused-ring (bicyclic) bond motifs is 4. The predicted octanol–water partition coefficient (Wildman–Crippen LogP) is 2.19. The number of phenols is 2. The minimum Gasteiger partial charge on any atom is -0.504 e. The highest BCUT2D eigenvalue weighted by atomic mass is 16.5. The molecule has 38 heavy (non-hydrogen) atoms. The number of nitrogens with zero attached hydrogens (tertiary/aromatic N) is 1. The van der Waals surface area contributed by atoms with Gasteiger partial charge in [0, 0.05) is 24.2 Å². The number of carbonyl (C=O) groups excluding carboxylic acids is 4. The van der Waals surface area contributed by atoms with Crippen LogP contribution in [0.3, 0.4) is 0 Å². The van der Waals surface area contributed by atoms with E-state index in [9.17, 15) is 29.4 Å². The number of hydrogen-bond acceptors (Lipinski definition) is 8. The fraction of sp³-hybridized carbons (Fsp3) is 0.214. The highest BCUT2D eigenvalue weighted by Crippen LogP contribution is 2.54. The van der Waals surface area contributed by atoms with Gasteiger partial charge < -0.3 is 20.3 Å². The average molecular weight is 514 g/mol. The Morgan fingerprint density at radius 1 is 0.974 bits per heavy atom. The second kappa shape index (κ2) is 8.42. The standard InChI is InChI=1S/C28H23N3O7/c1-14(32)38-17-9-7-16(8-10-17)31-25(35)23-20(12-15-6-11-21(33)22(34)13-15)30-28(24(23)26(31)36)18-4-2-3-5-19(18)29-27(28)37/h2-11,13,20,23-24,30,33-34H,12H2,1H3,(H,29,37)/t20-,23+,24+,28-/m1/s1. The number of amides is 3. The van der Waals surface area contributed by atoms with Gasteiger partial charge in [0.2, 0.25) is 17.7 Å². The highest BCUT2D eigenvalue weighted by molar-refractivity contribution is 6.25. The maximum absolute atomic E-state index is 14.0. The smallest absolute Gasteiger partial charge is 0.308 e. The van der Waals surface area contributed by atoms with Gasteiger partial charge in [0.25, 0.3) is 0 Å². The lowest BCUT2D eigenvalue weighted by molar-refractivity contribution is -0.132. The van der Waals surface area contributed by atoms with Crippen LogP contribution in [0.1, 0.15) is 18.1 Å².